The van der Waals surface area contributed by atoms with Gasteiger partial charge in [-0.25, -0.2) is 0 Å². The van der Waals surface area contributed by atoms with E-state index in [1.807, 2.05) is 0 Å². The maximum Gasteiger partial charge on any atom is 0.307 e. The zero-order valence-electron chi connectivity index (χ0n) is 12.8. The first kappa shape index (κ1) is 16.3. The Balaban J connectivity index is 1.87. The first-order valence-corrected chi connectivity index (χ1v) is 8.14. The van der Waals surface area contributed by atoms with Crippen LogP contribution in [0.4, 0.5) is 0 Å². The summed E-state index contributed by atoms with van der Waals surface area (Å²) < 4.78 is 0. The van der Waals surface area contributed by atoms with Gasteiger partial charge in [-0.05, 0) is 44.4 Å². The van der Waals surface area contributed by atoms with Gasteiger partial charge < -0.3 is 15.5 Å². The molecule has 0 spiro atoms. The van der Waals surface area contributed by atoms with Gasteiger partial charge in [0, 0.05) is 6.54 Å². The summed E-state index contributed by atoms with van der Waals surface area (Å²) in [5.74, 6) is -1.45. The van der Waals surface area contributed by atoms with E-state index in [1.165, 1.54) is 0 Å². The number of hydrogen-bond acceptors (Lipinski definition) is 3. The van der Waals surface area contributed by atoms with Crippen molar-refractivity contribution in [3.8, 4) is 0 Å². The molecule has 0 aliphatic heterocycles. The fourth-order valence-electron chi connectivity index (χ4n) is 3.60. The SMILES string of the molecule is CC1CCC(O)(CNC(=O)C2CCCCC2C(=O)O)CC1. The van der Waals surface area contributed by atoms with E-state index in [1.54, 1.807) is 0 Å². The summed E-state index contributed by atoms with van der Waals surface area (Å²) in [6.07, 6.45) is 6.38. The zero-order chi connectivity index (χ0) is 15.5. The zero-order valence-corrected chi connectivity index (χ0v) is 12.8. The predicted octanol–water partition coefficient (Wildman–Crippen LogP) is 1.93. The number of carbonyl (C=O) groups excluding carboxylic acids is 1. The third-order valence-electron chi connectivity index (χ3n) is 5.22. The average Bonchev–Trinajstić information content (AvgIpc) is 2.48. The highest BCUT2D eigenvalue weighted by Gasteiger charge is 2.37. The molecule has 0 saturated heterocycles. The van der Waals surface area contributed by atoms with Crippen LogP contribution in [0.25, 0.3) is 0 Å². The van der Waals surface area contributed by atoms with Gasteiger partial charge in [0.15, 0.2) is 0 Å². The molecule has 2 saturated carbocycles. The standard InChI is InChI=1S/C16H27NO4/c1-11-6-8-16(21,9-7-11)10-17-14(18)12-4-2-3-5-13(12)15(19)20/h11-13,21H,2-10H2,1H3,(H,17,18)(H,19,20). The van der Waals surface area contributed by atoms with E-state index in [0.29, 0.717) is 31.6 Å². The van der Waals surface area contributed by atoms with E-state index in [4.69, 9.17) is 0 Å². The van der Waals surface area contributed by atoms with Crippen molar-refractivity contribution in [2.24, 2.45) is 17.8 Å². The van der Waals surface area contributed by atoms with E-state index >= 15 is 0 Å². The summed E-state index contributed by atoms with van der Waals surface area (Å²) in [6.45, 7) is 2.43. The molecule has 5 nitrogen and oxygen atoms in total. The lowest BCUT2D eigenvalue weighted by Gasteiger charge is -2.36. The molecule has 0 radical (unpaired) electrons. The van der Waals surface area contributed by atoms with Crippen molar-refractivity contribution < 1.29 is 19.8 Å². The van der Waals surface area contributed by atoms with Crippen LogP contribution in [0.3, 0.4) is 0 Å². The summed E-state index contributed by atoms with van der Waals surface area (Å²) in [4.78, 5) is 23.5. The van der Waals surface area contributed by atoms with Gasteiger partial charge in [0.05, 0.1) is 17.4 Å². The van der Waals surface area contributed by atoms with Crippen LogP contribution in [0.5, 0.6) is 0 Å². The number of aliphatic hydroxyl groups is 1. The van der Waals surface area contributed by atoms with Gasteiger partial charge in [-0.15, -0.1) is 0 Å². The second-order valence-corrected chi connectivity index (χ2v) is 6.96. The number of aliphatic carboxylic acids is 1. The lowest BCUT2D eigenvalue weighted by molar-refractivity contribution is -0.149. The molecule has 0 aromatic rings. The number of hydrogen-bond donors (Lipinski definition) is 3. The number of carboxylic acid groups (broad SMARTS) is 1. The molecule has 2 unspecified atom stereocenters. The van der Waals surface area contributed by atoms with Crippen LogP contribution < -0.4 is 5.32 Å². The molecule has 0 aromatic carbocycles. The van der Waals surface area contributed by atoms with E-state index in [-0.39, 0.29) is 12.5 Å². The molecule has 0 heterocycles. The minimum absolute atomic E-state index is 0.200. The number of nitrogens with one attached hydrogen (secondary N) is 1. The van der Waals surface area contributed by atoms with Crippen LogP contribution in [-0.2, 0) is 9.59 Å². The molecule has 21 heavy (non-hydrogen) atoms. The Morgan fingerprint density at radius 2 is 1.67 bits per heavy atom. The van der Waals surface area contributed by atoms with E-state index in [0.717, 1.165) is 25.7 Å². The van der Waals surface area contributed by atoms with Crippen LogP contribution >= 0.6 is 0 Å². The second-order valence-electron chi connectivity index (χ2n) is 6.96. The topological polar surface area (TPSA) is 86.6 Å². The third-order valence-corrected chi connectivity index (χ3v) is 5.22. The largest absolute Gasteiger partial charge is 0.481 e. The molecule has 5 heteroatoms. The summed E-state index contributed by atoms with van der Waals surface area (Å²) in [6, 6.07) is 0. The maximum atomic E-state index is 12.3. The van der Waals surface area contributed by atoms with Crippen molar-refractivity contribution in [3.05, 3.63) is 0 Å². The van der Waals surface area contributed by atoms with E-state index < -0.39 is 23.4 Å². The third kappa shape index (κ3) is 4.19. The first-order chi connectivity index (χ1) is 9.91. The molecule has 2 aliphatic carbocycles. The minimum Gasteiger partial charge on any atom is -0.481 e. The molecule has 120 valence electrons. The number of amides is 1. The first-order valence-electron chi connectivity index (χ1n) is 8.14. The monoisotopic (exact) mass is 297 g/mol. The highest BCUT2D eigenvalue weighted by molar-refractivity contribution is 5.84. The van der Waals surface area contributed by atoms with Crippen LogP contribution in [0.15, 0.2) is 0 Å². The molecule has 2 aliphatic rings. The average molecular weight is 297 g/mol. The predicted molar refractivity (Wildman–Crippen MR) is 78.7 cm³/mol. The quantitative estimate of drug-likeness (QED) is 0.740. The van der Waals surface area contributed by atoms with Crippen molar-refractivity contribution in [1.82, 2.24) is 5.32 Å². The van der Waals surface area contributed by atoms with E-state index in [9.17, 15) is 19.8 Å². The molecular weight excluding hydrogens is 270 g/mol. The van der Waals surface area contributed by atoms with Gasteiger partial charge in [-0.3, -0.25) is 9.59 Å². The maximum absolute atomic E-state index is 12.3. The Morgan fingerprint density at radius 3 is 2.24 bits per heavy atom. The van der Waals surface area contributed by atoms with Gasteiger partial charge in [0.1, 0.15) is 0 Å². The van der Waals surface area contributed by atoms with Gasteiger partial charge in [0.25, 0.3) is 0 Å². The molecule has 0 bridgehead atoms. The fourth-order valence-corrected chi connectivity index (χ4v) is 3.60. The van der Waals surface area contributed by atoms with Crippen LogP contribution in [0, 0.1) is 17.8 Å². The molecule has 2 rings (SSSR count). The van der Waals surface area contributed by atoms with Crippen LogP contribution in [0.1, 0.15) is 58.3 Å². The lowest BCUT2D eigenvalue weighted by atomic mass is 9.77. The van der Waals surface area contributed by atoms with Gasteiger partial charge in [-0.1, -0.05) is 19.8 Å². The van der Waals surface area contributed by atoms with Gasteiger partial charge in [0.2, 0.25) is 5.91 Å². The number of carboxylic acids is 1. The summed E-state index contributed by atoms with van der Waals surface area (Å²) in [5, 5.41) is 22.5. The summed E-state index contributed by atoms with van der Waals surface area (Å²) >= 11 is 0. The Hall–Kier alpha value is -1.10. The lowest BCUT2D eigenvalue weighted by Crippen LogP contribution is -2.48. The Morgan fingerprint density at radius 1 is 1.10 bits per heavy atom. The number of rotatable bonds is 4. The van der Waals surface area contributed by atoms with Crippen molar-refractivity contribution >= 4 is 11.9 Å². The van der Waals surface area contributed by atoms with Crippen molar-refractivity contribution in [3.63, 3.8) is 0 Å². The molecule has 2 atom stereocenters. The smallest absolute Gasteiger partial charge is 0.307 e. The van der Waals surface area contributed by atoms with Crippen molar-refractivity contribution in [2.45, 2.75) is 63.9 Å². The molecular formula is C16H27NO4. The summed E-state index contributed by atoms with van der Waals surface area (Å²) in [7, 11) is 0. The van der Waals surface area contributed by atoms with Gasteiger partial charge in [-0.2, -0.15) is 0 Å². The van der Waals surface area contributed by atoms with Crippen LogP contribution in [0.2, 0.25) is 0 Å². The van der Waals surface area contributed by atoms with Gasteiger partial charge >= 0.3 is 5.97 Å². The van der Waals surface area contributed by atoms with Crippen molar-refractivity contribution in [2.75, 3.05) is 6.54 Å². The number of carbonyl (C=O) groups is 2. The molecule has 2 fully saturated rings. The fraction of sp³-hybridized carbons (Fsp3) is 0.875. The molecule has 1 amide bonds. The Kier molecular flexibility index (Phi) is 5.25. The van der Waals surface area contributed by atoms with E-state index in [2.05, 4.69) is 12.2 Å². The summed E-state index contributed by atoms with van der Waals surface area (Å²) in [5.41, 5.74) is -0.810. The molecule has 3 N–H and O–H groups in total. The highest BCUT2D eigenvalue weighted by atomic mass is 16.4. The molecule has 0 aromatic heterocycles. The minimum atomic E-state index is -0.875. The van der Waals surface area contributed by atoms with Crippen molar-refractivity contribution in [1.29, 1.82) is 0 Å². The second kappa shape index (κ2) is 6.77. The highest BCUT2D eigenvalue weighted by Crippen LogP contribution is 2.33. The Labute approximate surface area is 126 Å². The Bertz CT molecular complexity index is 388. The normalized spacial score (nSPS) is 37.0. The van der Waals surface area contributed by atoms with Crippen LogP contribution in [-0.4, -0.2) is 34.2 Å².